The van der Waals surface area contributed by atoms with Gasteiger partial charge in [0.15, 0.2) is 0 Å². The van der Waals surface area contributed by atoms with Gasteiger partial charge in [-0.2, -0.15) is 11.8 Å². The van der Waals surface area contributed by atoms with Crippen LogP contribution in [0.5, 0.6) is 0 Å². The number of carboxylic acid groups (broad SMARTS) is 1. The van der Waals surface area contributed by atoms with E-state index in [1.807, 2.05) is 37.4 Å². The fourth-order valence-corrected chi connectivity index (χ4v) is 4.50. The van der Waals surface area contributed by atoms with Crippen LogP contribution in [-0.2, 0) is 30.4 Å². The maximum Gasteiger partial charge on any atom is 0.326 e. The van der Waals surface area contributed by atoms with Crippen molar-refractivity contribution < 1.29 is 29.1 Å². The van der Waals surface area contributed by atoms with Crippen molar-refractivity contribution in [1.29, 1.82) is 0 Å². The number of H-pyrrole nitrogens is 1. The van der Waals surface area contributed by atoms with Crippen LogP contribution < -0.4 is 27.4 Å². The molecular formula is C26H38N6O6S. The van der Waals surface area contributed by atoms with Gasteiger partial charge in [-0.15, -0.1) is 0 Å². The standard InChI is InChI=1S/C26H38N6O6S/c1-4-14(2)22(32-23(34)17(27)12-21(28)33)25(36)31-20(24(35)30-19(26(37)38)9-10-39-3)11-15-13-29-18-8-6-5-7-16(15)18/h5-8,13-14,17,19-20,22,29H,4,9-12,27H2,1-3H3,(H2,28,33)(H,30,35)(H,31,36)(H,32,34)(H,37,38). The summed E-state index contributed by atoms with van der Waals surface area (Å²) in [5.74, 6) is -3.80. The smallest absolute Gasteiger partial charge is 0.326 e. The number of primary amides is 1. The minimum atomic E-state index is -1.24. The Kier molecular flexibility index (Phi) is 12.3. The molecule has 2 rings (SSSR count). The number of carbonyl (C=O) groups is 5. The molecule has 0 radical (unpaired) electrons. The van der Waals surface area contributed by atoms with Crippen LogP contribution in [0.3, 0.4) is 0 Å². The van der Waals surface area contributed by atoms with Gasteiger partial charge < -0.3 is 37.5 Å². The topological polar surface area (TPSA) is 209 Å². The molecule has 39 heavy (non-hydrogen) atoms. The first kappa shape index (κ1) is 31.6. The molecule has 0 saturated heterocycles. The summed E-state index contributed by atoms with van der Waals surface area (Å²) in [5, 5.41) is 18.3. The van der Waals surface area contributed by atoms with Gasteiger partial charge in [-0.3, -0.25) is 19.2 Å². The fraction of sp³-hybridized carbons (Fsp3) is 0.500. The number of aromatic nitrogens is 1. The van der Waals surface area contributed by atoms with Gasteiger partial charge in [-0.05, 0) is 36.0 Å². The second kappa shape index (κ2) is 15.1. The molecular weight excluding hydrogens is 524 g/mol. The van der Waals surface area contributed by atoms with Crippen LogP contribution in [0.4, 0.5) is 0 Å². The predicted molar refractivity (Wildman–Crippen MR) is 150 cm³/mol. The molecule has 0 aliphatic heterocycles. The van der Waals surface area contributed by atoms with E-state index in [1.165, 1.54) is 11.8 Å². The van der Waals surface area contributed by atoms with Crippen molar-refractivity contribution in [2.75, 3.05) is 12.0 Å². The van der Waals surface area contributed by atoms with Crippen LogP contribution in [0.25, 0.3) is 10.9 Å². The molecule has 0 aliphatic carbocycles. The molecule has 0 fully saturated rings. The van der Waals surface area contributed by atoms with E-state index in [9.17, 15) is 29.1 Å². The number of aliphatic carboxylic acids is 1. The van der Waals surface area contributed by atoms with Gasteiger partial charge in [0, 0.05) is 23.5 Å². The second-order valence-electron chi connectivity index (χ2n) is 9.45. The molecule has 214 valence electrons. The van der Waals surface area contributed by atoms with Gasteiger partial charge in [0.25, 0.3) is 0 Å². The van der Waals surface area contributed by atoms with Crippen molar-refractivity contribution in [1.82, 2.24) is 20.9 Å². The molecule has 2 aromatic rings. The molecule has 1 heterocycles. The number of thioether (sulfide) groups is 1. The lowest BCUT2D eigenvalue weighted by molar-refractivity contribution is -0.142. The zero-order chi connectivity index (χ0) is 29.1. The third kappa shape index (κ3) is 9.29. The summed E-state index contributed by atoms with van der Waals surface area (Å²) >= 11 is 1.45. The van der Waals surface area contributed by atoms with Crippen molar-refractivity contribution in [3.8, 4) is 0 Å². The van der Waals surface area contributed by atoms with E-state index in [-0.39, 0.29) is 25.2 Å². The Morgan fingerprint density at radius 3 is 2.31 bits per heavy atom. The number of benzene rings is 1. The number of nitrogens with one attached hydrogen (secondary N) is 4. The summed E-state index contributed by atoms with van der Waals surface area (Å²) in [6, 6.07) is 2.88. The molecule has 12 nitrogen and oxygen atoms in total. The Balaban J connectivity index is 2.33. The highest BCUT2D eigenvalue weighted by atomic mass is 32.2. The van der Waals surface area contributed by atoms with Crippen molar-refractivity contribution in [2.24, 2.45) is 17.4 Å². The molecule has 0 aliphatic rings. The third-order valence-electron chi connectivity index (χ3n) is 6.51. The molecule has 0 spiro atoms. The number of rotatable bonds is 16. The maximum absolute atomic E-state index is 13.5. The van der Waals surface area contributed by atoms with Gasteiger partial charge in [0.2, 0.25) is 23.6 Å². The van der Waals surface area contributed by atoms with Gasteiger partial charge in [0.05, 0.1) is 12.5 Å². The molecule has 9 N–H and O–H groups in total. The Labute approximate surface area is 231 Å². The van der Waals surface area contributed by atoms with E-state index in [0.717, 1.165) is 16.5 Å². The lowest BCUT2D eigenvalue weighted by Crippen LogP contribution is -2.59. The summed E-state index contributed by atoms with van der Waals surface area (Å²) in [6.45, 7) is 3.58. The summed E-state index contributed by atoms with van der Waals surface area (Å²) in [7, 11) is 0. The first-order chi connectivity index (χ1) is 18.5. The molecule has 5 unspecified atom stereocenters. The van der Waals surface area contributed by atoms with E-state index in [2.05, 4.69) is 20.9 Å². The second-order valence-corrected chi connectivity index (χ2v) is 10.4. The Bertz CT molecular complexity index is 1170. The number of aromatic amines is 1. The van der Waals surface area contributed by atoms with Crippen molar-refractivity contribution in [3.63, 3.8) is 0 Å². The molecule has 5 atom stereocenters. The Morgan fingerprint density at radius 2 is 1.69 bits per heavy atom. The van der Waals surface area contributed by atoms with Crippen LogP contribution in [0.1, 0.15) is 38.7 Å². The number of amides is 4. The zero-order valence-electron chi connectivity index (χ0n) is 22.4. The van der Waals surface area contributed by atoms with Crippen LogP contribution in [0, 0.1) is 5.92 Å². The quantitative estimate of drug-likeness (QED) is 0.150. The van der Waals surface area contributed by atoms with Gasteiger partial charge in [-0.1, -0.05) is 38.5 Å². The largest absolute Gasteiger partial charge is 0.480 e. The minimum absolute atomic E-state index is 0.0683. The van der Waals surface area contributed by atoms with E-state index < -0.39 is 53.8 Å². The number of carboxylic acids is 1. The first-order valence-electron chi connectivity index (χ1n) is 12.7. The zero-order valence-corrected chi connectivity index (χ0v) is 23.2. The highest BCUT2D eigenvalue weighted by molar-refractivity contribution is 7.98. The number of nitrogens with two attached hydrogens (primary N) is 2. The predicted octanol–water partition coefficient (Wildman–Crippen LogP) is 0.251. The average Bonchev–Trinajstić information content (AvgIpc) is 3.30. The van der Waals surface area contributed by atoms with E-state index in [1.54, 1.807) is 13.1 Å². The van der Waals surface area contributed by atoms with Gasteiger partial charge >= 0.3 is 5.97 Å². The monoisotopic (exact) mass is 562 g/mol. The first-order valence-corrected chi connectivity index (χ1v) is 14.1. The Hall–Kier alpha value is -3.58. The van der Waals surface area contributed by atoms with E-state index >= 15 is 0 Å². The average molecular weight is 563 g/mol. The SMILES string of the molecule is CCC(C)C(NC(=O)C(N)CC(N)=O)C(=O)NC(Cc1c[nH]c2ccccc12)C(=O)NC(CCSC)C(=O)O. The van der Waals surface area contributed by atoms with Crippen LogP contribution >= 0.6 is 11.8 Å². The van der Waals surface area contributed by atoms with E-state index in [0.29, 0.717) is 12.2 Å². The van der Waals surface area contributed by atoms with E-state index in [4.69, 9.17) is 11.5 Å². The van der Waals surface area contributed by atoms with Crippen molar-refractivity contribution in [3.05, 3.63) is 36.0 Å². The van der Waals surface area contributed by atoms with Crippen LogP contribution in [0.15, 0.2) is 30.5 Å². The third-order valence-corrected chi connectivity index (χ3v) is 7.15. The molecule has 1 aromatic carbocycles. The maximum atomic E-state index is 13.5. The van der Waals surface area contributed by atoms with Gasteiger partial charge in [-0.25, -0.2) is 4.79 Å². The number of para-hydroxylation sites is 1. The molecule has 13 heteroatoms. The van der Waals surface area contributed by atoms with Crippen LogP contribution in [0.2, 0.25) is 0 Å². The van der Waals surface area contributed by atoms with Crippen molar-refractivity contribution in [2.45, 2.75) is 63.7 Å². The summed E-state index contributed by atoms with van der Waals surface area (Å²) in [6.07, 6.45) is 3.96. The molecule has 0 saturated carbocycles. The van der Waals surface area contributed by atoms with Crippen LogP contribution in [-0.4, -0.2) is 75.9 Å². The highest BCUT2D eigenvalue weighted by Gasteiger charge is 2.33. The van der Waals surface area contributed by atoms with Crippen molar-refractivity contribution >= 4 is 52.3 Å². The lowest BCUT2D eigenvalue weighted by atomic mass is 9.96. The number of fused-ring (bicyclic) bond motifs is 1. The molecule has 4 amide bonds. The summed E-state index contributed by atoms with van der Waals surface area (Å²) < 4.78 is 0. The molecule has 1 aromatic heterocycles. The minimum Gasteiger partial charge on any atom is -0.480 e. The number of hydrogen-bond donors (Lipinski definition) is 7. The summed E-state index contributed by atoms with van der Waals surface area (Å²) in [5.41, 5.74) is 12.5. The number of carbonyl (C=O) groups excluding carboxylic acids is 4. The fourth-order valence-electron chi connectivity index (χ4n) is 4.03. The normalized spacial score (nSPS) is 15.0. The number of hydrogen-bond acceptors (Lipinski definition) is 7. The van der Waals surface area contributed by atoms with Gasteiger partial charge in [0.1, 0.15) is 18.1 Å². The lowest BCUT2D eigenvalue weighted by Gasteiger charge is -2.28. The highest BCUT2D eigenvalue weighted by Crippen LogP contribution is 2.20. The molecule has 0 bridgehead atoms. The Morgan fingerprint density at radius 1 is 1.03 bits per heavy atom. The summed E-state index contributed by atoms with van der Waals surface area (Å²) in [4.78, 5) is 65.5.